The van der Waals surface area contributed by atoms with Crippen molar-refractivity contribution in [1.82, 2.24) is 16.0 Å². The summed E-state index contributed by atoms with van der Waals surface area (Å²) in [7, 11) is 0. The lowest BCUT2D eigenvalue weighted by molar-refractivity contribution is -0.140. The fraction of sp³-hybridized carbons (Fsp3) is 0.800. The van der Waals surface area contributed by atoms with Crippen LogP contribution < -0.4 is 16.0 Å². The van der Waals surface area contributed by atoms with Crippen LogP contribution in [0.25, 0.3) is 0 Å². The van der Waals surface area contributed by atoms with E-state index in [1.807, 2.05) is 20.8 Å². The van der Waals surface area contributed by atoms with Crippen molar-refractivity contribution < 1.29 is 24.6 Å². The summed E-state index contributed by atoms with van der Waals surface area (Å²) in [5.41, 5.74) is -0.240. The van der Waals surface area contributed by atoms with Gasteiger partial charge >= 0.3 is 5.97 Å². The minimum absolute atomic E-state index is 0.0619. The zero-order valence-corrected chi connectivity index (χ0v) is 14.5. The van der Waals surface area contributed by atoms with Crippen LogP contribution in [0.3, 0.4) is 0 Å². The zero-order chi connectivity index (χ0) is 18.2. The Morgan fingerprint density at radius 3 is 2.04 bits per heavy atom. The highest BCUT2D eigenvalue weighted by Gasteiger charge is 2.25. The Morgan fingerprint density at radius 2 is 1.65 bits per heavy atom. The van der Waals surface area contributed by atoms with Gasteiger partial charge in [-0.2, -0.15) is 0 Å². The maximum atomic E-state index is 12.0. The zero-order valence-electron chi connectivity index (χ0n) is 14.5. The van der Waals surface area contributed by atoms with E-state index in [2.05, 4.69) is 16.0 Å². The SMILES string of the molecule is CC(C)N[C@H](CNC(=O)C(CO)NC(=O)CC(C)(C)C)C(=O)O. The molecule has 0 aliphatic rings. The first-order valence-electron chi connectivity index (χ1n) is 7.63. The number of rotatable bonds is 9. The molecule has 2 atom stereocenters. The second kappa shape index (κ2) is 9.46. The molecule has 0 aromatic heterocycles. The van der Waals surface area contributed by atoms with E-state index in [0.29, 0.717) is 0 Å². The predicted molar refractivity (Wildman–Crippen MR) is 85.8 cm³/mol. The second-order valence-corrected chi connectivity index (χ2v) is 7.00. The van der Waals surface area contributed by atoms with Crippen LogP contribution in [0.15, 0.2) is 0 Å². The molecule has 0 aliphatic carbocycles. The van der Waals surface area contributed by atoms with Gasteiger partial charge in [0.2, 0.25) is 11.8 Å². The predicted octanol–water partition coefficient (Wildman–Crippen LogP) is -0.533. The largest absolute Gasteiger partial charge is 0.480 e. The van der Waals surface area contributed by atoms with Gasteiger partial charge in [-0.05, 0) is 5.41 Å². The molecule has 0 heterocycles. The molecule has 134 valence electrons. The summed E-state index contributed by atoms with van der Waals surface area (Å²) in [6.45, 7) is 8.54. The van der Waals surface area contributed by atoms with Crippen LogP contribution in [0.2, 0.25) is 0 Å². The molecule has 5 N–H and O–H groups in total. The minimum atomic E-state index is -1.10. The van der Waals surface area contributed by atoms with Gasteiger partial charge in [-0.1, -0.05) is 34.6 Å². The van der Waals surface area contributed by atoms with E-state index in [1.165, 1.54) is 0 Å². The first kappa shape index (κ1) is 21.3. The van der Waals surface area contributed by atoms with E-state index < -0.39 is 30.6 Å². The number of nitrogens with one attached hydrogen (secondary N) is 3. The molecular formula is C15H29N3O5. The third kappa shape index (κ3) is 9.85. The van der Waals surface area contributed by atoms with Crippen molar-refractivity contribution in [2.24, 2.45) is 5.41 Å². The summed E-state index contributed by atoms with van der Waals surface area (Å²) in [6.07, 6.45) is 0.212. The molecule has 0 aliphatic heterocycles. The Bertz CT molecular complexity index is 418. The Balaban J connectivity index is 4.54. The molecule has 0 aromatic rings. The number of hydrogen-bond donors (Lipinski definition) is 5. The number of carbonyl (C=O) groups excluding carboxylic acids is 2. The summed E-state index contributed by atoms with van der Waals surface area (Å²) in [6, 6.07) is -2.10. The molecule has 0 spiro atoms. The Labute approximate surface area is 137 Å². The van der Waals surface area contributed by atoms with Crippen molar-refractivity contribution in [2.75, 3.05) is 13.2 Å². The van der Waals surface area contributed by atoms with Crippen LogP contribution in [0, 0.1) is 5.41 Å². The molecule has 0 bridgehead atoms. The maximum Gasteiger partial charge on any atom is 0.322 e. The first-order valence-corrected chi connectivity index (χ1v) is 7.63. The van der Waals surface area contributed by atoms with E-state index in [-0.39, 0.29) is 30.3 Å². The third-order valence-corrected chi connectivity index (χ3v) is 2.84. The summed E-state index contributed by atoms with van der Waals surface area (Å²) in [5.74, 6) is -2.05. The third-order valence-electron chi connectivity index (χ3n) is 2.84. The van der Waals surface area contributed by atoms with Crippen LogP contribution in [-0.4, -0.2) is 59.3 Å². The molecule has 0 aromatic carbocycles. The van der Waals surface area contributed by atoms with Gasteiger partial charge in [-0.15, -0.1) is 0 Å². The Morgan fingerprint density at radius 1 is 1.09 bits per heavy atom. The molecule has 2 amide bonds. The highest BCUT2D eigenvalue weighted by Crippen LogP contribution is 2.17. The second-order valence-electron chi connectivity index (χ2n) is 7.00. The average molecular weight is 331 g/mol. The van der Waals surface area contributed by atoms with Gasteiger partial charge in [0, 0.05) is 19.0 Å². The number of aliphatic carboxylic acids is 1. The van der Waals surface area contributed by atoms with Gasteiger partial charge in [0.25, 0.3) is 0 Å². The lowest BCUT2D eigenvalue weighted by Crippen LogP contribution is -2.54. The topological polar surface area (TPSA) is 128 Å². The van der Waals surface area contributed by atoms with Crippen molar-refractivity contribution in [3.8, 4) is 0 Å². The molecule has 0 radical (unpaired) electrons. The fourth-order valence-corrected chi connectivity index (χ4v) is 1.87. The first-order chi connectivity index (χ1) is 10.5. The lowest BCUT2D eigenvalue weighted by atomic mass is 9.92. The van der Waals surface area contributed by atoms with Crippen molar-refractivity contribution in [3.63, 3.8) is 0 Å². The fourth-order valence-electron chi connectivity index (χ4n) is 1.87. The van der Waals surface area contributed by atoms with E-state index in [9.17, 15) is 19.5 Å². The van der Waals surface area contributed by atoms with Crippen LogP contribution in [-0.2, 0) is 14.4 Å². The van der Waals surface area contributed by atoms with Crippen LogP contribution in [0.4, 0.5) is 0 Å². The summed E-state index contributed by atoms with van der Waals surface area (Å²) >= 11 is 0. The van der Waals surface area contributed by atoms with Gasteiger partial charge < -0.3 is 26.2 Å². The summed E-state index contributed by atoms with van der Waals surface area (Å²) in [5, 5.41) is 26.0. The molecule has 1 unspecified atom stereocenters. The van der Waals surface area contributed by atoms with Crippen molar-refractivity contribution >= 4 is 17.8 Å². The summed E-state index contributed by atoms with van der Waals surface area (Å²) < 4.78 is 0. The quantitative estimate of drug-likeness (QED) is 0.386. The number of aliphatic hydroxyl groups excluding tert-OH is 1. The summed E-state index contributed by atoms with van der Waals surface area (Å²) in [4.78, 5) is 34.9. The van der Waals surface area contributed by atoms with E-state index in [4.69, 9.17) is 5.11 Å². The van der Waals surface area contributed by atoms with Crippen LogP contribution in [0.5, 0.6) is 0 Å². The smallest absolute Gasteiger partial charge is 0.322 e. The van der Waals surface area contributed by atoms with Gasteiger partial charge in [0.1, 0.15) is 12.1 Å². The van der Waals surface area contributed by atoms with Gasteiger partial charge in [-0.3, -0.25) is 14.4 Å². The molecular weight excluding hydrogens is 302 g/mol. The molecule has 0 fully saturated rings. The minimum Gasteiger partial charge on any atom is -0.480 e. The number of aliphatic hydroxyl groups is 1. The number of hydrogen-bond acceptors (Lipinski definition) is 5. The van der Waals surface area contributed by atoms with Gasteiger partial charge in [0.05, 0.1) is 6.61 Å². The molecule has 0 rings (SSSR count). The molecule has 0 saturated carbocycles. The van der Waals surface area contributed by atoms with Crippen molar-refractivity contribution in [1.29, 1.82) is 0 Å². The van der Waals surface area contributed by atoms with Crippen molar-refractivity contribution in [2.45, 2.75) is 59.2 Å². The van der Waals surface area contributed by atoms with Gasteiger partial charge in [0.15, 0.2) is 0 Å². The van der Waals surface area contributed by atoms with Gasteiger partial charge in [-0.25, -0.2) is 0 Å². The normalized spacial score (nSPS) is 14.2. The highest BCUT2D eigenvalue weighted by atomic mass is 16.4. The lowest BCUT2D eigenvalue weighted by Gasteiger charge is -2.22. The standard InChI is InChI=1S/C15H29N3O5/c1-9(2)17-10(14(22)23)7-16-13(21)11(8-19)18-12(20)6-15(3,4)5/h9-11,17,19H,6-8H2,1-5H3,(H,16,21)(H,18,20)(H,22,23)/t10-,11?/m1/s1. The maximum absolute atomic E-state index is 12.0. The Kier molecular flexibility index (Phi) is 8.78. The molecule has 8 nitrogen and oxygen atoms in total. The number of carboxylic acids is 1. The van der Waals surface area contributed by atoms with Crippen molar-refractivity contribution in [3.05, 3.63) is 0 Å². The molecule has 8 heteroatoms. The Hall–Kier alpha value is -1.67. The molecule has 0 saturated heterocycles. The van der Waals surface area contributed by atoms with E-state index in [1.54, 1.807) is 13.8 Å². The number of carboxylic acid groups (broad SMARTS) is 1. The average Bonchev–Trinajstić information content (AvgIpc) is 2.37. The van der Waals surface area contributed by atoms with Crippen LogP contribution in [0.1, 0.15) is 41.0 Å². The van der Waals surface area contributed by atoms with E-state index in [0.717, 1.165) is 0 Å². The number of carbonyl (C=O) groups is 3. The monoisotopic (exact) mass is 331 g/mol. The number of amides is 2. The van der Waals surface area contributed by atoms with E-state index >= 15 is 0 Å². The highest BCUT2D eigenvalue weighted by molar-refractivity contribution is 5.88. The molecule has 23 heavy (non-hydrogen) atoms. The van der Waals surface area contributed by atoms with Crippen LogP contribution >= 0.6 is 0 Å².